The molecule has 0 aromatic rings. The van der Waals surface area contributed by atoms with Gasteiger partial charge in [-0.25, -0.2) is 0 Å². The van der Waals surface area contributed by atoms with Crippen molar-refractivity contribution in [3.05, 3.63) is 0 Å². The fourth-order valence-electron chi connectivity index (χ4n) is 0.720. The van der Waals surface area contributed by atoms with Crippen molar-refractivity contribution in [1.29, 1.82) is 0 Å². The highest BCUT2D eigenvalue weighted by molar-refractivity contribution is 6.19. The highest BCUT2D eigenvalue weighted by atomic mass is 35.5. The summed E-state index contributed by atoms with van der Waals surface area (Å²) in [6.45, 7) is 0. The predicted molar refractivity (Wildman–Crippen MR) is 49.0 cm³/mol. The van der Waals surface area contributed by atoms with Crippen LogP contribution in [0.2, 0.25) is 0 Å². The molecule has 0 aromatic heterocycles. The molecule has 0 unspecified atom stereocenters. The summed E-state index contributed by atoms with van der Waals surface area (Å²) in [5.74, 6) is 5.88. The van der Waals surface area contributed by atoms with Gasteiger partial charge in [0.05, 0.1) is 13.0 Å². The molecule has 0 saturated carbocycles. The number of rotatable bonds is 4. The number of hydrogen-bond donors (Lipinski definition) is 0. The molecule has 0 fully saturated rings. The first kappa shape index (κ1) is 11.3. The third-order valence-corrected chi connectivity index (χ3v) is 1.49. The van der Waals surface area contributed by atoms with Crippen LogP contribution < -0.4 is 0 Å². The molecule has 0 heterocycles. The minimum Gasteiger partial charge on any atom is -0.469 e. The lowest BCUT2D eigenvalue weighted by Crippen LogP contribution is -1.98. The van der Waals surface area contributed by atoms with Crippen LogP contribution in [-0.4, -0.2) is 19.0 Å². The van der Waals surface area contributed by atoms with Crippen molar-refractivity contribution in [3.63, 3.8) is 0 Å². The molecule has 0 saturated heterocycles. The van der Waals surface area contributed by atoms with Gasteiger partial charge >= 0.3 is 5.97 Å². The van der Waals surface area contributed by atoms with E-state index in [9.17, 15) is 4.79 Å². The number of alkyl halides is 1. The number of carbonyl (C=O) groups excluding carboxylic acids is 1. The molecule has 0 bridgehead atoms. The first-order chi connectivity index (χ1) is 5.81. The van der Waals surface area contributed by atoms with Gasteiger partial charge in [0.2, 0.25) is 0 Å². The van der Waals surface area contributed by atoms with Crippen LogP contribution >= 0.6 is 11.6 Å². The zero-order chi connectivity index (χ0) is 9.23. The van der Waals surface area contributed by atoms with Crippen molar-refractivity contribution >= 4 is 17.6 Å². The molecule has 0 radical (unpaired) electrons. The summed E-state index contributed by atoms with van der Waals surface area (Å²) in [6.07, 6.45) is 3.06. The lowest BCUT2D eigenvalue weighted by Gasteiger charge is -1.95. The molecule has 0 N–H and O–H groups in total. The minimum atomic E-state index is -0.152. The molecule has 68 valence electrons. The molecule has 0 atom stereocenters. The van der Waals surface area contributed by atoms with Gasteiger partial charge in [-0.1, -0.05) is 5.92 Å². The van der Waals surface area contributed by atoms with Crippen LogP contribution in [0.5, 0.6) is 0 Å². The van der Waals surface area contributed by atoms with Crippen LogP contribution in [0, 0.1) is 11.8 Å². The Morgan fingerprint density at radius 3 is 2.75 bits per heavy atom. The highest BCUT2D eigenvalue weighted by Gasteiger charge is 1.97. The van der Waals surface area contributed by atoms with E-state index in [-0.39, 0.29) is 5.97 Å². The molecule has 12 heavy (non-hydrogen) atoms. The summed E-state index contributed by atoms with van der Waals surface area (Å²) in [7, 11) is 1.40. The molecule has 0 aliphatic carbocycles. The van der Waals surface area contributed by atoms with Gasteiger partial charge in [0.15, 0.2) is 0 Å². The lowest BCUT2D eigenvalue weighted by atomic mass is 10.2. The van der Waals surface area contributed by atoms with Crippen LogP contribution in [0.15, 0.2) is 0 Å². The Kier molecular flexibility index (Phi) is 7.94. The first-order valence-corrected chi connectivity index (χ1v) is 4.43. The van der Waals surface area contributed by atoms with Crippen molar-refractivity contribution in [3.8, 4) is 11.8 Å². The van der Waals surface area contributed by atoms with E-state index in [0.717, 1.165) is 19.3 Å². The van der Waals surface area contributed by atoms with Crippen molar-refractivity contribution in [2.75, 3.05) is 13.0 Å². The third-order valence-electron chi connectivity index (χ3n) is 1.35. The maximum Gasteiger partial charge on any atom is 0.305 e. The Morgan fingerprint density at radius 1 is 1.42 bits per heavy atom. The fraction of sp³-hybridized carbons (Fsp3) is 0.667. The van der Waals surface area contributed by atoms with Crippen LogP contribution in [0.4, 0.5) is 0 Å². The van der Waals surface area contributed by atoms with Gasteiger partial charge in [-0.15, -0.1) is 17.5 Å². The molecule has 0 rings (SSSR count). The topological polar surface area (TPSA) is 26.3 Å². The SMILES string of the molecule is COC(=O)CCCCC#CCCl. The molecular formula is C9H13ClO2. The van der Waals surface area contributed by atoms with Crippen molar-refractivity contribution < 1.29 is 9.53 Å². The number of ether oxygens (including phenoxy) is 1. The van der Waals surface area contributed by atoms with E-state index in [2.05, 4.69) is 16.6 Å². The Hall–Kier alpha value is -0.680. The number of methoxy groups -OCH3 is 1. The monoisotopic (exact) mass is 188 g/mol. The molecule has 0 aliphatic heterocycles. The number of esters is 1. The second kappa shape index (κ2) is 8.42. The highest BCUT2D eigenvalue weighted by Crippen LogP contribution is 1.99. The third kappa shape index (κ3) is 7.43. The lowest BCUT2D eigenvalue weighted by molar-refractivity contribution is -0.140. The number of hydrogen-bond acceptors (Lipinski definition) is 2. The zero-order valence-electron chi connectivity index (χ0n) is 7.23. The quantitative estimate of drug-likeness (QED) is 0.292. The van der Waals surface area contributed by atoms with Gasteiger partial charge in [-0.05, 0) is 12.8 Å². The Balaban J connectivity index is 3.16. The van der Waals surface area contributed by atoms with E-state index in [1.165, 1.54) is 7.11 Å². The molecular weight excluding hydrogens is 176 g/mol. The van der Waals surface area contributed by atoms with Crippen LogP contribution in [-0.2, 0) is 9.53 Å². The van der Waals surface area contributed by atoms with Gasteiger partial charge < -0.3 is 4.74 Å². The Morgan fingerprint density at radius 2 is 2.17 bits per heavy atom. The normalized spacial score (nSPS) is 8.50. The number of carbonyl (C=O) groups is 1. The average Bonchev–Trinajstić information content (AvgIpc) is 2.10. The maximum absolute atomic E-state index is 10.6. The molecule has 0 aliphatic rings. The van der Waals surface area contributed by atoms with E-state index in [1.807, 2.05) is 0 Å². The Bertz CT molecular complexity index is 179. The van der Waals surface area contributed by atoms with E-state index in [4.69, 9.17) is 11.6 Å². The first-order valence-electron chi connectivity index (χ1n) is 3.89. The smallest absolute Gasteiger partial charge is 0.305 e. The van der Waals surface area contributed by atoms with Crippen LogP contribution in [0.25, 0.3) is 0 Å². The van der Waals surface area contributed by atoms with Crippen LogP contribution in [0.1, 0.15) is 25.7 Å². The summed E-state index contributed by atoms with van der Waals surface area (Å²) < 4.78 is 4.48. The summed E-state index contributed by atoms with van der Waals surface area (Å²) in [5.41, 5.74) is 0. The number of halogens is 1. The van der Waals surface area contributed by atoms with E-state index >= 15 is 0 Å². The van der Waals surface area contributed by atoms with E-state index in [1.54, 1.807) is 0 Å². The van der Waals surface area contributed by atoms with Crippen molar-refractivity contribution in [2.45, 2.75) is 25.7 Å². The maximum atomic E-state index is 10.6. The van der Waals surface area contributed by atoms with Gasteiger partial charge in [0, 0.05) is 12.8 Å². The number of unbranched alkanes of at least 4 members (excludes halogenated alkanes) is 2. The van der Waals surface area contributed by atoms with Crippen LogP contribution in [0.3, 0.4) is 0 Å². The second-order valence-corrected chi connectivity index (χ2v) is 2.54. The second-order valence-electron chi connectivity index (χ2n) is 2.27. The molecule has 0 amide bonds. The van der Waals surface area contributed by atoms with Gasteiger partial charge in [-0.2, -0.15) is 0 Å². The molecule has 0 spiro atoms. The molecule has 0 aromatic carbocycles. The predicted octanol–water partition coefficient (Wildman–Crippen LogP) is 1.96. The molecule has 3 heteroatoms. The standard InChI is InChI=1S/C9H13ClO2/c1-12-9(11)7-5-3-2-4-6-8-10/h2-3,5,7-8H2,1H3. The summed E-state index contributed by atoms with van der Waals surface area (Å²) in [6, 6.07) is 0. The van der Waals surface area contributed by atoms with Crippen molar-refractivity contribution in [1.82, 2.24) is 0 Å². The summed E-state index contributed by atoms with van der Waals surface area (Å²) in [4.78, 5) is 10.6. The fourth-order valence-corrected chi connectivity index (χ4v) is 0.815. The summed E-state index contributed by atoms with van der Waals surface area (Å²) >= 11 is 5.34. The minimum absolute atomic E-state index is 0.152. The average molecular weight is 189 g/mol. The van der Waals surface area contributed by atoms with E-state index < -0.39 is 0 Å². The zero-order valence-corrected chi connectivity index (χ0v) is 7.99. The molecule has 2 nitrogen and oxygen atoms in total. The van der Waals surface area contributed by atoms with Crippen molar-refractivity contribution in [2.24, 2.45) is 0 Å². The van der Waals surface area contributed by atoms with Gasteiger partial charge in [0.1, 0.15) is 0 Å². The van der Waals surface area contributed by atoms with Gasteiger partial charge in [0.25, 0.3) is 0 Å². The Labute approximate surface area is 78.2 Å². The van der Waals surface area contributed by atoms with Gasteiger partial charge in [-0.3, -0.25) is 4.79 Å². The summed E-state index contributed by atoms with van der Waals surface area (Å²) in [5, 5.41) is 0. The van der Waals surface area contributed by atoms with E-state index in [0.29, 0.717) is 12.3 Å². The largest absolute Gasteiger partial charge is 0.469 e.